The fourth-order valence-electron chi connectivity index (χ4n) is 8.75. The minimum atomic E-state index is -1.93. The number of carbonyl (C=O) groups is 1. The van der Waals surface area contributed by atoms with Crippen LogP contribution < -0.4 is 30.8 Å². The number of allylic oxidation sites excluding steroid dienone is 4. The van der Waals surface area contributed by atoms with Crippen molar-refractivity contribution < 1.29 is 14.6 Å². The molecule has 15 nitrogen and oxygen atoms in total. The van der Waals surface area contributed by atoms with E-state index >= 15 is 0 Å². The van der Waals surface area contributed by atoms with Crippen LogP contribution in [0.2, 0.25) is 0 Å². The summed E-state index contributed by atoms with van der Waals surface area (Å²) in [5.74, 6) is 0.481. The Morgan fingerprint density at radius 2 is 1.69 bits per heavy atom. The predicted molar refractivity (Wildman–Crippen MR) is 288 cm³/mol. The van der Waals surface area contributed by atoms with Crippen molar-refractivity contribution in [3.8, 4) is 11.3 Å². The first kappa shape index (κ1) is 50.8. The molecule has 3 atom stereocenters. The number of piperazine rings is 2. The number of rotatable bonds is 20. The molecule has 18 heteroatoms. The quantitative estimate of drug-likeness (QED) is 0.0257. The van der Waals surface area contributed by atoms with Crippen LogP contribution in [0.25, 0.3) is 11.3 Å². The lowest BCUT2D eigenvalue weighted by Crippen LogP contribution is -2.47. The number of nitro benzene ring substituents is 1. The Kier molecular flexibility index (Phi) is 17.8. The number of carbonyl (C=O) groups excluding carboxylic acids is 1. The van der Waals surface area contributed by atoms with Gasteiger partial charge in [0.2, 0.25) is 0 Å². The normalized spacial score (nSPS) is 17.5. The van der Waals surface area contributed by atoms with Crippen LogP contribution in [0.15, 0.2) is 131 Å². The van der Waals surface area contributed by atoms with Gasteiger partial charge in [-0.15, -0.1) is 11.8 Å². The molecule has 2 saturated heterocycles. The Labute approximate surface area is 422 Å². The number of nitrogens with one attached hydrogen (secondary N) is 3. The van der Waals surface area contributed by atoms with Gasteiger partial charge in [-0.1, -0.05) is 54.1 Å². The molecule has 3 aliphatic rings. The summed E-state index contributed by atoms with van der Waals surface area (Å²) in [5, 5.41) is 23.2. The first-order chi connectivity index (χ1) is 33.9. The van der Waals surface area contributed by atoms with Crippen LogP contribution in [0, 0.1) is 10.1 Å². The Morgan fingerprint density at radius 3 is 2.39 bits per heavy atom. The number of benzene rings is 4. The monoisotopic (exact) mass is 1000 g/mol. The van der Waals surface area contributed by atoms with Gasteiger partial charge < -0.3 is 40.2 Å². The summed E-state index contributed by atoms with van der Waals surface area (Å²) in [6, 6.07) is 31.4. The number of halogens is 1. The minimum Gasteiger partial charge on any atom is -0.376 e. The van der Waals surface area contributed by atoms with Gasteiger partial charge in [-0.2, -0.15) is 0 Å². The SMILES string of the molecule is CN(C)CC[C@H](CSc1ccccc1)Nc1ccc(P(O)Nc2ccc(N3CCN(c4cccc(-c5nc(C(=O)NCCN6CCN(C)CC6)cnc5C5C=CC(Cl)=CC5)c4)CC3)cc2)cc1[N+](=O)[O-]. The van der Waals surface area contributed by atoms with Gasteiger partial charge in [-0.3, -0.25) is 24.8 Å². The number of amides is 1. The lowest BCUT2D eigenvalue weighted by atomic mass is 9.93. The number of anilines is 4. The third-order valence-electron chi connectivity index (χ3n) is 12.9. The number of hydrogen-bond donors (Lipinski definition) is 4. The van der Waals surface area contributed by atoms with Gasteiger partial charge in [0, 0.05) is 127 Å². The highest BCUT2D eigenvalue weighted by molar-refractivity contribution is 7.99. The standard InChI is InChI=1S/C52H63ClN11O4PS/c1-59(2)24-22-42(37-70-46-10-5-4-6-11-46)56-47-21-20-45(35-49(47)64(66)67)69(68)58-41-16-18-43(19-17-41)62-30-32-63(33-31-62)44-9-7-8-39(34-44)51-50(38-12-14-40(53)15-13-38)55-36-48(57-51)52(65)54-23-25-61-28-26-60(3)27-29-61/h4-12,14-21,34-36,38,42,56,58,68H,13,22-33,37H2,1-3H3,(H,54,65)/t38?,42-,69?/m1/s1. The molecule has 2 fully saturated rings. The topological polar surface area (TPSA) is 159 Å². The molecule has 0 bridgehead atoms. The predicted octanol–water partition coefficient (Wildman–Crippen LogP) is 8.09. The van der Waals surface area contributed by atoms with E-state index in [0.29, 0.717) is 40.4 Å². The lowest BCUT2D eigenvalue weighted by Gasteiger charge is -2.37. The molecule has 1 aliphatic carbocycles. The molecular weight excluding hydrogens is 941 g/mol. The summed E-state index contributed by atoms with van der Waals surface area (Å²) < 4.78 is 0. The highest BCUT2D eigenvalue weighted by Gasteiger charge is 2.25. The zero-order valence-electron chi connectivity index (χ0n) is 40.1. The summed E-state index contributed by atoms with van der Waals surface area (Å²) in [7, 11) is 4.24. The van der Waals surface area contributed by atoms with Gasteiger partial charge in [-0.05, 0) is 107 Å². The molecule has 0 spiro atoms. The van der Waals surface area contributed by atoms with Crippen LogP contribution in [0.5, 0.6) is 0 Å². The Morgan fingerprint density at radius 1 is 0.943 bits per heavy atom. The zero-order chi connectivity index (χ0) is 49.0. The molecule has 2 aliphatic heterocycles. The Hall–Kier alpha value is -5.58. The van der Waals surface area contributed by atoms with Gasteiger partial charge in [0.05, 0.1) is 22.5 Å². The van der Waals surface area contributed by atoms with E-state index in [-0.39, 0.29) is 28.5 Å². The van der Waals surface area contributed by atoms with Gasteiger partial charge in [0.25, 0.3) is 11.6 Å². The highest BCUT2D eigenvalue weighted by atomic mass is 35.5. The zero-order valence-corrected chi connectivity index (χ0v) is 42.6. The summed E-state index contributed by atoms with van der Waals surface area (Å²) >= 11 is 8.02. The van der Waals surface area contributed by atoms with Crippen molar-refractivity contribution in [2.45, 2.75) is 29.7 Å². The van der Waals surface area contributed by atoms with E-state index in [4.69, 9.17) is 21.6 Å². The van der Waals surface area contributed by atoms with Gasteiger partial charge in [0.15, 0.2) is 8.30 Å². The van der Waals surface area contributed by atoms with E-state index in [0.717, 1.165) is 111 Å². The number of nitro groups is 1. The maximum atomic E-state index is 13.5. The lowest BCUT2D eigenvalue weighted by molar-refractivity contribution is -0.383. The third kappa shape index (κ3) is 13.8. The minimum absolute atomic E-state index is 0.0107. The van der Waals surface area contributed by atoms with Crippen LogP contribution in [0.3, 0.4) is 0 Å². The fraction of sp³-hybridized carbons (Fsp3) is 0.365. The van der Waals surface area contributed by atoms with E-state index in [9.17, 15) is 19.8 Å². The van der Waals surface area contributed by atoms with Crippen molar-refractivity contribution in [3.63, 3.8) is 0 Å². The second kappa shape index (κ2) is 24.5. The summed E-state index contributed by atoms with van der Waals surface area (Å²) in [6.45, 7) is 9.37. The summed E-state index contributed by atoms with van der Waals surface area (Å²) in [4.78, 5) is 59.2. The summed E-state index contributed by atoms with van der Waals surface area (Å²) in [5.41, 5.74) is 5.91. The highest BCUT2D eigenvalue weighted by Crippen LogP contribution is 2.37. The van der Waals surface area contributed by atoms with Crippen LogP contribution in [-0.4, -0.2) is 145 Å². The number of nitrogens with zero attached hydrogens (tertiary/aromatic N) is 8. The second-order valence-electron chi connectivity index (χ2n) is 18.2. The average molecular weight is 1000 g/mol. The van der Waals surface area contributed by atoms with E-state index < -0.39 is 8.30 Å². The Bertz CT molecular complexity index is 2610. The molecule has 5 aromatic rings. The molecule has 3 heterocycles. The molecule has 2 unspecified atom stereocenters. The van der Waals surface area contributed by atoms with Crippen molar-refractivity contribution in [3.05, 3.63) is 148 Å². The number of likely N-dealkylation sites (N-methyl/N-ethyl adjacent to an activating group) is 1. The molecule has 1 aromatic heterocycles. The molecule has 70 heavy (non-hydrogen) atoms. The largest absolute Gasteiger partial charge is 0.376 e. The number of hydrogen-bond acceptors (Lipinski definition) is 14. The molecule has 0 saturated carbocycles. The van der Waals surface area contributed by atoms with Crippen molar-refractivity contribution in [2.75, 3.05) is 119 Å². The van der Waals surface area contributed by atoms with Crippen molar-refractivity contribution in [2.24, 2.45) is 0 Å². The average Bonchev–Trinajstić information content (AvgIpc) is 3.38. The van der Waals surface area contributed by atoms with Crippen LogP contribution >= 0.6 is 31.7 Å². The molecule has 8 rings (SSSR count). The molecule has 1 amide bonds. The number of thioether (sulfide) groups is 1. The van der Waals surface area contributed by atoms with Gasteiger partial charge >= 0.3 is 0 Å². The molecule has 368 valence electrons. The second-order valence-corrected chi connectivity index (χ2v) is 21.1. The maximum absolute atomic E-state index is 13.5. The van der Waals surface area contributed by atoms with Gasteiger partial charge in [0.1, 0.15) is 11.4 Å². The van der Waals surface area contributed by atoms with Crippen molar-refractivity contribution in [1.82, 2.24) is 30.0 Å². The summed E-state index contributed by atoms with van der Waals surface area (Å²) in [6.07, 6.45) is 9.04. The molecular formula is C52H63ClN11O4PS. The van der Waals surface area contributed by atoms with E-state index in [2.05, 4.69) is 77.6 Å². The third-order valence-corrected chi connectivity index (χ3v) is 15.6. The van der Waals surface area contributed by atoms with E-state index in [1.54, 1.807) is 30.1 Å². The van der Waals surface area contributed by atoms with Gasteiger partial charge in [-0.25, -0.2) is 4.98 Å². The Balaban J connectivity index is 0.882. The number of aromatic nitrogens is 2. The smallest absolute Gasteiger partial charge is 0.293 e. The van der Waals surface area contributed by atoms with Crippen LogP contribution in [0.4, 0.5) is 28.4 Å². The molecule has 4 N–H and O–H groups in total. The first-order valence-corrected chi connectivity index (χ1v) is 26.5. The first-order valence-electron chi connectivity index (χ1n) is 23.9. The van der Waals surface area contributed by atoms with Crippen LogP contribution in [0.1, 0.15) is 34.9 Å². The van der Waals surface area contributed by atoms with Crippen molar-refractivity contribution >= 4 is 71.3 Å². The fourth-order valence-corrected chi connectivity index (χ4v) is 10.9. The van der Waals surface area contributed by atoms with E-state index in [1.165, 1.54) is 6.07 Å². The molecule has 0 radical (unpaired) electrons. The van der Waals surface area contributed by atoms with Crippen molar-refractivity contribution in [1.29, 1.82) is 0 Å². The van der Waals surface area contributed by atoms with E-state index in [1.807, 2.05) is 80.8 Å². The van der Waals surface area contributed by atoms with Crippen LogP contribution in [-0.2, 0) is 0 Å². The maximum Gasteiger partial charge on any atom is 0.293 e. The molecule has 4 aromatic carbocycles.